The molecule has 1 heterocycles. The fourth-order valence-corrected chi connectivity index (χ4v) is 2.54. The van der Waals surface area contributed by atoms with Crippen molar-refractivity contribution in [3.05, 3.63) is 47.1 Å². The molecule has 0 aromatic heterocycles. The number of methoxy groups -OCH3 is 1. The zero-order valence-corrected chi connectivity index (χ0v) is 11.3. The molecular weight excluding hydrogens is 240 g/mol. The topological polar surface area (TPSA) is 35.5 Å². The first-order valence-electron chi connectivity index (χ1n) is 6.34. The van der Waals surface area contributed by atoms with E-state index >= 15 is 0 Å². The van der Waals surface area contributed by atoms with E-state index in [0.29, 0.717) is 17.8 Å². The van der Waals surface area contributed by atoms with Gasteiger partial charge >= 0.3 is 0 Å². The Labute approximate surface area is 112 Å². The molecule has 0 saturated heterocycles. The quantitative estimate of drug-likeness (QED) is 0.775. The highest BCUT2D eigenvalue weighted by Gasteiger charge is 2.33. The molecule has 0 spiro atoms. The molecule has 0 atom stereocenters. The summed E-state index contributed by atoms with van der Waals surface area (Å²) in [4.78, 5) is 12.2. The predicted octanol–water partition coefficient (Wildman–Crippen LogP) is 2.90. The first-order valence-corrected chi connectivity index (χ1v) is 6.34. The maximum absolute atomic E-state index is 12.2. The molecule has 3 rings (SSSR count). The summed E-state index contributed by atoms with van der Waals surface area (Å²) in [6.07, 6.45) is 4.17. The molecule has 19 heavy (non-hydrogen) atoms. The van der Waals surface area contributed by atoms with Crippen molar-refractivity contribution in [3.63, 3.8) is 0 Å². The molecule has 3 nitrogen and oxygen atoms in total. The van der Waals surface area contributed by atoms with Crippen LogP contribution < -0.4 is 4.74 Å². The molecule has 0 saturated carbocycles. The highest BCUT2D eigenvalue weighted by atomic mass is 16.5. The number of hydrogen-bond acceptors (Lipinski definition) is 3. The number of rotatable bonds is 1. The van der Waals surface area contributed by atoms with Crippen LogP contribution in [0.2, 0.25) is 0 Å². The second kappa shape index (κ2) is 3.98. The molecule has 0 unspecified atom stereocenters. The summed E-state index contributed by atoms with van der Waals surface area (Å²) < 4.78 is 11.3. The predicted molar refractivity (Wildman–Crippen MR) is 72.9 cm³/mol. The Morgan fingerprint density at radius 2 is 2.11 bits per heavy atom. The zero-order chi connectivity index (χ0) is 13.6. The highest BCUT2D eigenvalue weighted by molar-refractivity contribution is 6.09. The Hall–Kier alpha value is -2.03. The second-order valence-corrected chi connectivity index (χ2v) is 5.37. The lowest BCUT2D eigenvalue weighted by molar-refractivity contribution is -0.115. The van der Waals surface area contributed by atoms with Gasteiger partial charge in [-0.05, 0) is 32.1 Å². The van der Waals surface area contributed by atoms with E-state index in [1.807, 2.05) is 44.2 Å². The molecule has 0 N–H and O–H groups in total. The van der Waals surface area contributed by atoms with Crippen LogP contribution in [0.25, 0.3) is 5.76 Å². The van der Waals surface area contributed by atoms with Gasteiger partial charge in [0, 0.05) is 17.5 Å². The number of Topliss-reactive ketones (excluding diaryl/α,β-unsaturated/α-hetero) is 1. The summed E-state index contributed by atoms with van der Waals surface area (Å²) in [5, 5.41) is 0. The van der Waals surface area contributed by atoms with Gasteiger partial charge < -0.3 is 9.47 Å². The molecule has 3 heteroatoms. The molecule has 2 aliphatic rings. The van der Waals surface area contributed by atoms with E-state index in [-0.39, 0.29) is 5.78 Å². The Morgan fingerprint density at radius 3 is 2.84 bits per heavy atom. The van der Waals surface area contributed by atoms with Gasteiger partial charge in [0.2, 0.25) is 0 Å². The number of fused-ring (bicyclic) bond motifs is 2. The lowest BCUT2D eigenvalue weighted by Gasteiger charge is -2.33. The smallest absolute Gasteiger partial charge is 0.171 e. The average molecular weight is 256 g/mol. The number of hydrogen-bond donors (Lipinski definition) is 0. The maximum Gasteiger partial charge on any atom is 0.171 e. The molecule has 1 aliphatic carbocycles. The van der Waals surface area contributed by atoms with E-state index in [2.05, 4.69) is 0 Å². The lowest BCUT2D eigenvalue weighted by Crippen LogP contribution is -2.28. The monoisotopic (exact) mass is 256 g/mol. The van der Waals surface area contributed by atoms with Gasteiger partial charge in [0.1, 0.15) is 17.1 Å². The van der Waals surface area contributed by atoms with Crippen LogP contribution in [0.5, 0.6) is 5.75 Å². The maximum atomic E-state index is 12.2. The van der Waals surface area contributed by atoms with E-state index in [0.717, 1.165) is 16.9 Å². The number of ketones is 1. The molecule has 1 aromatic rings. The molecule has 0 fully saturated rings. The SMILES string of the molecule is COc1cccc2c1CC(=O)C1=C2OC(C)(C)C=C1. The summed E-state index contributed by atoms with van der Waals surface area (Å²) in [6, 6.07) is 5.78. The van der Waals surface area contributed by atoms with Crippen LogP contribution in [0.4, 0.5) is 0 Å². The molecule has 0 amide bonds. The van der Waals surface area contributed by atoms with Gasteiger partial charge in [-0.2, -0.15) is 0 Å². The zero-order valence-electron chi connectivity index (χ0n) is 11.3. The molecule has 1 aromatic carbocycles. The third-order valence-electron chi connectivity index (χ3n) is 3.50. The van der Waals surface area contributed by atoms with Gasteiger partial charge in [0.05, 0.1) is 12.7 Å². The normalized spacial score (nSPS) is 19.6. The van der Waals surface area contributed by atoms with Crippen LogP contribution >= 0.6 is 0 Å². The average Bonchev–Trinajstić information content (AvgIpc) is 2.37. The number of carbonyl (C=O) groups excluding carboxylic acids is 1. The van der Waals surface area contributed by atoms with Crippen molar-refractivity contribution < 1.29 is 14.3 Å². The van der Waals surface area contributed by atoms with Crippen LogP contribution in [-0.4, -0.2) is 18.5 Å². The van der Waals surface area contributed by atoms with Crippen molar-refractivity contribution >= 4 is 11.5 Å². The summed E-state index contributed by atoms with van der Waals surface area (Å²) in [7, 11) is 1.62. The van der Waals surface area contributed by atoms with Gasteiger partial charge in [0.15, 0.2) is 5.78 Å². The van der Waals surface area contributed by atoms with Crippen LogP contribution in [-0.2, 0) is 16.0 Å². The summed E-state index contributed by atoms with van der Waals surface area (Å²) >= 11 is 0. The Bertz CT molecular complexity index is 621. The van der Waals surface area contributed by atoms with Gasteiger partial charge in [-0.15, -0.1) is 0 Å². The Balaban J connectivity index is 2.21. The molecule has 1 aliphatic heterocycles. The van der Waals surface area contributed by atoms with Gasteiger partial charge in [-0.1, -0.05) is 12.1 Å². The lowest BCUT2D eigenvalue weighted by atomic mass is 9.86. The fraction of sp³-hybridized carbons (Fsp3) is 0.312. The molecular formula is C16H16O3. The highest BCUT2D eigenvalue weighted by Crippen LogP contribution is 2.40. The van der Waals surface area contributed by atoms with E-state index in [4.69, 9.17) is 9.47 Å². The van der Waals surface area contributed by atoms with Gasteiger partial charge in [-0.25, -0.2) is 0 Å². The summed E-state index contributed by atoms with van der Waals surface area (Å²) in [5.41, 5.74) is 2.16. The second-order valence-electron chi connectivity index (χ2n) is 5.37. The minimum absolute atomic E-state index is 0.0822. The van der Waals surface area contributed by atoms with Crippen LogP contribution in [0.3, 0.4) is 0 Å². The van der Waals surface area contributed by atoms with E-state index in [1.165, 1.54) is 0 Å². The van der Waals surface area contributed by atoms with E-state index in [1.54, 1.807) is 7.11 Å². The van der Waals surface area contributed by atoms with Crippen LogP contribution in [0.1, 0.15) is 25.0 Å². The number of ether oxygens (including phenoxy) is 2. The summed E-state index contributed by atoms with van der Waals surface area (Å²) in [5.74, 6) is 1.50. The van der Waals surface area contributed by atoms with Crippen molar-refractivity contribution in [2.24, 2.45) is 0 Å². The molecule has 0 radical (unpaired) electrons. The molecule has 0 bridgehead atoms. The van der Waals surface area contributed by atoms with Crippen LogP contribution in [0.15, 0.2) is 35.9 Å². The number of allylic oxidation sites excluding steroid dienone is 2. The number of carbonyl (C=O) groups is 1. The third-order valence-corrected chi connectivity index (χ3v) is 3.50. The van der Waals surface area contributed by atoms with Crippen molar-refractivity contribution in [1.82, 2.24) is 0 Å². The van der Waals surface area contributed by atoms with Crippen molar-refractivity contribution in [1.29, 1.82) is 0 Å². The van der Waals surface area contributed by atoms with Crippen LogP contribution in [0, 0.1) is 0 Å². The first kappa shape index (κ1) is 12.0. The van der Waals surface area contributed by atoms with Crippen molar-refractivity contribution in [2.45, 2.75) is 25.9 Å². The van der Waals surface area contributed by atoms with Crippen molar-refractivity contribution in [2.75, 3.05) is 7.11 Å². The van der Waals surface area contributed by atoms with E-state index < -0.39 is 5.60 Å². The fourth-order valence-electron chi connectivity index (χ4n) is 2.54. The minimum Gasteiger partial charge on any atom is -0.496 e. The van der Waals surface area contributed by atoms with Gasteiger partial charge in [0.25, 0.3) is 0 Å². The standard InChI is InChI=1S/C16H16O3/c1-16(2)8-7-11-13(17)9-12-10(15(11)19-16)5-4-6-14(12)18-3/h4-8H,9H2,1-3H3. The number of benzene rings is 1. The molecule has 98 valence electrons. The Morgan fingerprint density at radius 1 is 1.32 bits per heavy atom. The minimum atomic E-state index is -0.392. The largest absolute Gasteiger partial charge is 0.496 e. The van der Waals surface area contributed by atoms with Gasteiger partial charge in [-0.3, -0.25) is 4.79 Å². The van der Waals surface area contributed by atoms with E-state index in [9.17, 15) is 4.79 Å². The third kappa shape index (κ3) is 1.86. The van der Waals surface area contributed by atoms with Crippen molar-refractivity contribution in [3.8, 4) is 5.75 Å². The summed E-state index contributed by atoms with van der Waals surface area (Å²) in [6.45, 7) is 3.96. The Kier molecular flexibility index (Phi) is 2.52. The first-order chi connectivity index (χ1) is 9.02.